The normalized spacial score (nSPS) is 11.3. The molecule has 0 radical (unpaired) electrons. The van der Waals surface area contributed by atoms with E-state index in [-0.39, 0.29) is 0 Å². The van der Waals surface area contributed by atoms with Crippen LogP contribution in [0, 0.1) is 0 Å². The molecule has 0 saturated carbocycles. The zero-order chi connectivity index (χ0) is 35.9. The number of unbranched alkanes of at least 4 members (excludes halogenated alkanes) is 16. The summed E-state index contributed by atoms with van der Waals surface area (Å²) in [4.78, 5) is 0. The molecule has 0 aliphatic carbocycles. The minimum absolute atomic E-state index is 0.837. The first-order valence-corrected chi connectivity index (χ1v) is 20.9. The Bertz CT molecular complexity index is 1390. The maximum Gasteiger partial charge on any atom is 0.0314 e. The van der Waals surface area contributed by atoms with Gasteiger partial charge in [-0.2, -0.15) is 0 Å². The number of hydrogen-bond acceptors (Lipinski definition) is 2. The van der Waals surface area contributed by atoms with E-state index in [1.807, 2.05) is 24.3 Å². The van der Waals surface area contributed by atoms with Gasteiger partial charge in [0.25, 0.3) is 0 Å². The van der Waals surface area contributed by atoms with Gasteiger partial charge in [0.1, 0.15) is 0 Å². The molecule has 0 heterocycles. The molecule has 0 saturated heterocycles. The number of aryl methyl sites for hydroxylation is 4. The van der Waals surface area contributed by atoms with Crippen LogP contribution in [0.25, 0.3) is 0 Å². The molecule has 0 atom stereocenters. The Hall–Kier alpha value is -3.52. The molecule has 0 spiro atoms. The molecule has 51 heavy (non-hydrogen) atoms. The number of hydrogen-bond donors (Lipinski definition) is 2. The molecule has 0 aliphatic heterocycles. The first kappa shape index (κ1) is 40.3. The highest BCUT2D eigenvalue weighted by Crippen LogP contribution is 2.22. The molecule has 4 N–H and O–H groups in total. The summed E-state index contributed by atoms with van der Waals surface area (Å²) in [6, 6.07) is 30.9. The van der Waals surface area contributed by atoms with Gasteiger partial charge in [-0.25, -0.2) is 0 Å². The molecule has 4 aromatic carbocycles. The van der Waals surface area contributed by atoms with Gasteiger partial charge in [0.05, 0.1) is 0 Å². The van der Waals surface area contributed by atoms with Gasteiger partial charge in [-0.05, 0) is 120 Å². The number of rotatable bonds is 26. The average Bonchev–Trinajstić information content (AvgIpc) is 3.15. The third-order valence-corrected chi connectivity index (χ3v) is 11.0. The lowest BCUT2D eigenvalue weighted by Gasteiger charge is -2.11. The molecule has 4 rings (SSSR count). The highest BCUT2D eigenvalue weighted by Gasteiger charge is 2.06. The van der Waals surface area contributed by atoms with Crippen molar-refractivity contribution in [3.8, 4) is 0 Å². The quantitative estimate of drug-likeness (QED) is 0.0510. The molecule has 0 aromatic heterocycles. The predicted octanol–water partition coefficient (Wildman–Crippen LogP) is 13.6. The molecule has 0 bridgehead atoms. The fourth-order valence-electron chi connectivity index (χ4n) is 7.75. The fourth-order valence-corrected chi connectivity index (χ4v) is 7.75. The Morgan fingerprint density at radius 1 is 0.314 bits per heavy atom. The number of nitrogen functional groups attached to an aromatic ring is 2. The van der Waals surface area contributed by atoms with E-state index < -0.39 is 0 Å². The van der Waals surface area contributed by atoms with Gasteiger partial charge in [-0.15, -0.1) is 0 Å². The van der Waals surface area contributed by atoms with E-state index in [0.29, 0.717) is 0 Å². The summed E-state index contributed by atoms with van der Waals surface area (Å²) in [6.07, 6.45) is 30.6. The Kier molecular flexibility index (Phi) is 18.8. The Morgan fingerprint density at radius 2 is 0.588 bits per heavy atom. The molecule has 4 aromatic rings. The van der Waals surface area contributed by atoms with Crippen molar-refractivity contribution in [1.29, 1.82) is 0 Å². The molecule has 0 amide bonds. The lowest BCUT2D eigenvalue weighted by molar-refractivity contribution is 0.525. The zero-order valence-electron chi connectivity index (χ0n) is 32.5. The van der Waals surface area contributed by atoms with Crippen molar-refractivity contribution in [2.24, 2.45) is 0 Å². The summed E-state index contributed by atoms with van der Waals surface area (Å²) in [7, 11) is 0. The molecule has 0 aliphatic rings. The van der Waals surface area contributed by atoms with Crippen LogP contribution < -0.4 is 11.5 Å². The minimum atomic E-state index is 0.837. The van der Waals surface area contributed by atoms with Crippen LogP contribution in [0.4, 0.5) is 11.4 Å². The second-order valence-electron chi connectivity index (χ2n) is 15.3. The Morgan fingerprint density at radius 3 is 0.882 bits per heavy atom. The third kappa shape index (κ3) is 15.7. The van der Waals surface area contributed by atoms with Gasteiger partial charge >= 0.3 is 0 Å². The van der Waals surface area contributed by atoms with Crippen molar-refractivity contribution < 1.29 is 0 Å². The third-order valence-electron chi connectivity index (χ3n) is 11.0. The highest BCUT2D eigenvalue weighted by molar-refractivity contribution is 5.43. The molecule has 0 unspecified atom stereocenters. The summed E-state index contributed by atoms with van der Waals surface area (Å²) in [5.41, 5.74) is 25.0. The lowest BCUT2D eigenvalue weighted by Crippen LogP contribution is -1.97. The summed E-state index contributed by atoms with van der Waals surface area (Å²) >= 11 is 0. The van der Waals surface area contributed by atoms with E-state index in [1.54, 1.807) is 11.1 Å². The van der Waals surface area contributed by atoms with Crippen LogP contribution in [-0.2, 0) is 38.5 Å². The zero-order valence-corrected chi connectivity index (χ0v) is 32.5. The van der Waals surface area contributed by atoms with Crippen LogP contribution in [0.5, 0.6) is 0 Å². The number of benzene rings is 4. The van der Waals surface area contributed by atoms with Crippen molar-refractivity contribution in [3.63, 3.8) is 0 Å². The number of nitrogens with two attached hydrogens (primary N) is 2. The van der Waals surface area contributed by atoms with Crippen LogP contribution >= 0.6 is 0 Å². The van der Waals surface area contributed by atoms with E-state index in [4.69, 9.17) is 11.5 Å². The first-order chi connectivity index (χ1) is 25.0. The molecular formula is C49H70N2. The summed E-state index contributed by atoms with van der Waals surface area (Å²) in [6.45, 7) is 4.59. The van der Waals surface area contributed by atoms with Crippen LogP contribution in [-0.4, -0.2) is 0 Å². The van der Waals surface area contributed by atoms with Crippen LogP contribution in [0.1, 0.15) is 168 Å². The van der Waals surface area contributed by atoms with Gasteiger partial charge in [0.2, 0.25) is 0 Å². The minimum Gasteiger partial charge on any atom is -0.399 e. The van der Waals surface area contributed by atoms with Crippen molar-refractivity contribution in [1.82, 2.24) is 0 Å². The van der Waals surface area contributed by atoms with Crippen molar-refractivity contribution >= 4 is 11.4 Å². The van der Waals surface area contributed by atoms with Gasteiger partial charge in [0, 0.05) is 11.4 Å². The molecule has 0 fully saturated rings. The van der Waals surface area contributed by atoms with Gasteiger partial charge in [0.15, 0.2) is 0 Å². The maximum absolute atomic E-state index is 5.85. The molecule has 2 heteroatoms. The fraction of sp³-hybridized carbons (Fsp3) is 0.510. The maximum atomic E-state index is 5.85. The molecular weight excluding hydrogens is 617 g/mol. The predicted molar refractivity (Wildman–Crippen MR) is 225 cm³/mol. The van der Waals surface area contributed by atoms with Crippen LogP contribution in [0.3, 0.4) is 0 Å². The van der Waals surface area contributed by atoms with E-state index in [0.717, 1.165) is 37.1 Å². The summed E-state index contributed by atoms with van der Waals surface area (Å²) in [5.74, 6) is 0. The first-order valence-electron chi connectivity index (χ1n) is 20.9. The van der Waals surface area contributed by atoms with Crippen LogP contribution in [0.15, 0.2) is 84.9 Å². The SMILES string of the molecule is CCc1cc(Cc2ccc(N)cc2)ccc1CCCCCCCCCCCCCCCCCCCc1ccc(Cc2ccc(N)cc2)cc1CC. The van der Waals surface area contributed by atoms with Crippen molar-refractivity contribution in [2.75, 3.05) is 11.5 Å². The van der Waals surface area contributed by atoms with Crippen molar-refractivity contribution in [3.05, 3.63) is 129 Å². The van der Waals surface area contributed by atoms with Gasteiger partial charge in [-0.3, -0.25) is 0 Å². The summed E-state index contributed by atoms with van der Waals surface area (Å²) in [5, 5.41) is 0. The second kappa shape index (κ2) is 23.9. The number of anilines is 2. The van der Waals surface area contributed by atoms with E-state index in [9.17, 15) is 0 Å². The van der Waals surface area contributed by atoms with E-state index in [2.05, 4.69) is 74.5 Å². The van der Waals surface area contributed by atoms with Gasteiger partial charge in [-0.1, -0.05) is 171 Å². The topological polar surface area (TPSA) is 52.0 Å². The summed E-state index contributed by atoms with van der Waals surface area (Å²) < 4.78 is 0. The second-order valence-corrected chi connectivity index (χ2v) is 15.3. The molecule has 2 nitrogen and oxygen atoms in total. The Balaban J connectivity index is 0.919. The Labute approximate surface area is 312 Å². The van der Waals surface area contributed by atoms with Gasteiger partial charge < -0.3 is 11.5 Å². The smallest absolute Gasteiger partial charge is 0.0314 e. The van der Waals surface area contributed by atoms with Crippen molar-refractivity contribution in [2.45, 2.75) is 162 Å². The average molecular weight is 687 g/mol. The molecule has 276 valence electrons. The van der Waals surface area contributed by atoms with E-state index >= 15 is 0 Å². The standard InChI is InChI=1S/C49H70N2/c1-3-44-38-42(36-40-26-32-48(50)33-27-40)24-30-46(44)22-20-18-16-14-12-10-8-6-5-7-9-11-13-15-17-19-21-23-47-31-25-43(39-45(47)4-2)37-41-28-34-49(51)35-29-41/h24-35,38-39H,3-23,36-37,50-51H2,1-2H3. The van der Waals surface area contributed by atoms with E-state index in [1.165, 1.54) is 155 Å². The van der Waals surface area contributed by atoms with Crippen LogP contribution in [0.2, 0.25) is 0 Å². The lowest BCUT2D eigenvalue weighted by atomic mass is 9.94. The highest BCUT2D eigenvalue weighted by atomic mass is 14.5. The monoisotopic (exact) mass is 687 g/mol. The largest absolute Gasteiger partial charge is 0.399 e.